The van der Waals surface area contributed by atoms with Gasteiger partial charge < -0.3 is 0 Å². The summed E-state index contributed by atoms with van der Waals surface area (Å²) < 4.78 is 0. The first-order valence-corrected chi connectivity index (χ1v) is 9.24. The average molecular weight is 329 g/mol. The molecule has 0 bridgehead atoms. The number of allylic oxidation sites excluding steroid dienone is 5. The summed E-state index contributed by atoms with van der Waals surface area (Å²) in [5.74, 6) is 1.67. The van der Waals surface area contributed by atoms with Gasteiger partial charge in [-0.05, 0) is 53.4 Å². The molecule has 0 saturated carbocycles. The second kappa shape index (κ2) is 13.2. The molecule has 0 aromatic carbocycles. The molecule has 0 saturated heterocycles. The van der Waals surface area contributed by atoms with Crippen LogP contribution in [0, 0.1) is 0 Å². The summed E-state index contributed by atoms with van der Waals surface area (Å²) in [5, 5.41) is 0. The second-order valence-electron chi connectivity index (χ2n) is 5.65. The van der Waals surface area contributed by atoms with Crippen molar-refractivity contribution in [3.63, 3.8) is 0 Å². The third kappa shape index (κ3) is 14.2. The maximum absolute atomic E-state index is 11.0. The van der Waals surface area contributed by atoms with Gasteiger partial charge in [-0.3, -0.25) is 4.79 Å². The molecule has 0 rings (SSSR count). The Morgan fingerprint density at radius 2 is 1.52 bits per heavy atom. The van der Waals surface area contributed by atoms with Gasteiger partial charge in [-0.2, -0.15) is 0 Å². The summed E-state index contributed by atoms with van der Waals surface area (Å²) in [7, 11) is 0. The molecule has 0 N–H and O–H groups in total. The Bertz CT molecular complexity index is 390. The number of thioether (sulfide) groups is 1. The Kier molecular flexibility index (Phi) is 12.9. The van der Waals surface area contributed by atoms with Crippen molar-refractivity contribution in [3.8, 4) is 0 Å². The summed E-state index contributed by atoms with van der Waals surface area (Å²) in [5.41, 5.74) is 4.27. The van der Waals surface area contributed by atoms with Gasteiger partial charge in [-0.15, -0.1) is 23.4 Å². The Hall–Kier alpha value is -0.470. The van der Waals surface area contributed by atoms with E-state index in [0.717, 1.165) is 31.4 Å². The molecule has 0 radical (unpaired) electrons. The lowest BCUT2D eigenvalue weighted by Gasteiger charge is -2.02. The number of halogens is 1. The second-order valence-corrected chi connectivity index (χ2v) is 6.94. The maximum atomic E-state index is 11.0. The van der Waals surface area contributed by atoms with Gasteiger partial charge in [0.05, 0.1) is 11.6 Å². The number of carbonyl (C=O) groups excluding carboxylic acids is 1. The van der Waals surface area contributed by atoms with E-state index in [2.05, 4.69) is 45.9 Å². The molecule has 0 heterocycles. The van der Waals surface area contributed by atoms with E-state index in [9.17, 15) is 4.79 Å². The van der Waals surface area contributed by atoms with Gasteiger partial charge in [0.15, 0.2) is 5.78 Å². The zero-order valence-electron chi connectivity index (χ0n) is 13.9. The van der Waals surface area contributed by atoms with Crippen LogP contribution >= 0.6 is 23.4 Å². The van der Waals surface area contributed by atoms with Gasteiger partial charge in [0.25, 0.3) is 0 Å². The van der Waals surface area contributed by atoms with Gasteiger partial charge in [0.1, 0.15) is 0 Å². The zero-order valence-corrected chi connectivity index (χ0v) is 15.4. The fraction of sp³-hybridized carbons (Fsp3) is 0.611. The molecule has 0 aliphatic rings. The molecule has 21 heavy (non-hydrogen) atoms. The third-order valence-electron chi connectivity index (χ3n) is 3.08. The number of alkyl halides is 1. The molecular weight excluding hydrogens is 300 g/mol. The summed E-state index contributed by atoms with van der Waals surface area (Å²) in [4.78, 5) is 11.0. The van der Waals surface area contributed by atoms with Crippen molar-refractivity contribution < 1.29 is 4.79 Å². The Morgan fingerprint density at radius 1 is 0.952 bits per heavy atom. The molecule has 0 unspecified atom stereocenters. The monoisotopic (exact) mass is 328 g/mol. The summed E-state index contributed by atoms with van der Waals surface area (Å²) in [6.07, 6.45) is 11.4. The van der Waals surface area contributed by atoms with E-state index < -0.39 is 0 Å². The van der Waals surface area contributed by atoms with Crippen molar-refractivity contribution in [3.05, 3.63) is 34.9 Å². The van der Waals surface area contributed by atoms with Crippen LogP contribution in [0.1, 0.15) is 53.4 Å². The van der Waals surface area contributed by atoms with Gasteiger partial charge >= 0.3 is 0 Å². The van der Waals surface area contributed by atoms with Crippen molar-refractivity contribution in [2.75, 3.05) is 17.4 Å². The van der Waals surface area contributed by atoms with Crippen LogP contribution in [-0.2, 0) is 4.79 Å². The number of ketones is 1. The topological polar surface area (TPSA) is 17.1 Å². The molecule has 3 heteroatoms. The van der Waals surface area contributed by atoms with E-state index in [-0.39, 0.29) is 11.7 Å². The van der Waals surface area contributed by atoms with E-state index in [1.807, 2.05) is 0 Å². The Balaban J connectivity index is 3.83. The van der Waals surface area contributed by atoms with Crippen molar-refractivity contribution in [2.24, 2.45) is 0 Å². The molecule has 0 aliphatic heterocycles. The van der Waals surface area contributed by atoms with Gasteiger partial charge in [0, 0.05) is 5.75 Å². The predicted molar refractivity (Wildman–Crippen MR) is 98.5 cm³/mol. The Morgan fingerprint density at radius 3 is 2.10 bits per heavy atom. The van der Waals surface area contributed by atoms with Crippen LogP contribution in [0.5, 0.6) is 0 Å². The minimum atomic E-state index is 0.114. The highest BCUT2D eigenvalue weighted by Crippen LogP contribution is 2.12. The number of Topliss-reactive ketones (excluding diaryl/α,β-unsaturated/α-hetero) is 1. The fourth-order valence-electron chi connectivity index (χ4n) is 1.75. The number of hydrogen-bond acceptors (Lipinski definition) is 2. The molecule has 120 valence electrons. The summed E-state index contributed by atoms with van der Waals surface area (Å²) in [6, 6.07) is 0. The van der Waals surface area contributed by atoms with Gasteiger partial charge in [-0.25, -0.2) is 0 Å². The predicted octanol–water partition coefficient (Wildman–Crippen LogP) is 5.95. The lowest BCUT2D eigenvalue weighted by atomic mass is 10.1. The van der Waals surface area contributed by atoms with Crippen molar-refractivity contribution >= 4 is 29.1 Å². The fourth-order valence-corrected chi connectivity index (χ4v) is 2.81. The van der Waals surface area contributed by atoms with Crippen LogP contribution < -0.4 is 0 Å². The van der Waals surface area contributed by atoms with Crippen LogP contribution in [0.4, 0.5) is 0 Å². The van der Waals surface area contributed by atoms with Crippen LogP contribution in [0.3, 0.4) is 0 Å². The first kappa shape index (κ1) is 20.5. The van der Waals surface area contributed by atoms with Crippen LogP contribution in [0.25, 0.3) is 0 Å². The first-order valence-electron chi connectivity index (χ1n) is 7.55. The normalized spacial score (nSPS) is 12.4. The standard InChI is InChI=1S/C18H29ClOS/c1-15(2)7-5-8-16(3)9-6-10-17(4)11-12-21-14-18(20)13-19/h7,9,11H,5-6,8,10,12-14H2,1-4H3. The largest absolute Gasteiger partial charge is 0.297 e. The molecule has 0 fully saturated rings. The number of carbonyl (C=O) groups is 1. The van der Waals surface area contributed by atoms with Gasteiger partial charge in [0.2, 0.25) is 0 Å². The number of hydrogen-bond donors (Lipinski definition) is 0. The van der Waals surface area contributed by atoms with E-state index in [4.69, 9.17) is 11.6 Å². The number of rotatable bonds is 11. The van der Waals surface area contributed by atoms with Crippen LogP contribution in [0.2, 0.25) is 0 Å². The first-order chi connectivity index (χ1) is 9.95. The smallest absolute Gasteiger partial charge is 0.157 e. The van der Waals surface area contributed by atoms with E-state index in [1.165, 1.54) is 16.7 Å². The highest BCUT2D eigenvalue weighted by molar-refractivity contribution is 8.00. The van der Waals surface area contributed by atoms with Crippen molar-refractivity contribution in [2.45, 2.75) is 53.4 Å². The van der Waals surface area contributed by atoms with Crippen LogP contribution in [-0.4, -0.2) is 23.2 Å². The van der Waals surface area contributed by atoms with Crippen molar-refractivity contribution in [1.82, 2.24) is 0 Å². The van der Waals surface area contributed by atoms with E-state index in [1.54, 1.807) is 11.8 Å². The lowest BCUT2D eigenvalue weighted by molar-refractivity contribution is -0.114. The average Bonchev–Trinajstić information content (AvgIpc) is 2.42. The van der Waals surface area contributed by atoms with Crippen molar-refractivity contribution in [1.29, 1.82) is 0 Å². The molecule has 0 aromatic rings. The SMILES string of the molecule is CC(C)=CCCC(C)=CCCC(C)=CCSCC(=O)CCl. The molecular formula is C18H29ClOS. The summed E-state index contributed by atoms with van der Waals surface area (Å²) in [6.45, 7) is 8.67. The minimum absolute atomic E-state index is 0.114. The lowest BCUT2D eigenvalue weighted by Crippen LogP contribution is -2.02. The van der Waals surface area contributed by atoms with Crippen LogP contribution in [0.15, 0.2) is 34.9 Å². The third-order valence-corrected chi connectivity index (χ3v) is 4.31. The minimum Gasteiger partial charge on any atom is -0.297 e. The zero-order chi connectivity index (χ0) is 16.1. The molecule has 1 nitrogen and oxygen atoms in total. The molecule has 0 spiro atoms. The maximum Gasteiger partial charge on any atom is 0.157 e. The highest BCUT2D eigenvalue weighted by Gasteiger charge is 1.98. The highest BCUT2D eigenvalue weighted by atomic mass is 35.5. The van der Waals surface area contributed by atoms with E-state index >= 15 is 0 Å². The van der Waals surface area contributed by atoms with E-state index in [0.29, 0.717) is 5.75 Å². The summed E-state index contributed by atoms with van der Waals surface area (Å²) >= 11 is 7.09. The van der Waals surface area contributed by atoms with Gasteiger partial charge in [-0.1, -0.05) is 34.9 Å². The molecule has 0 amide bonds. The molecule has 0 aromatic heterocycles. The molecule has 0 atom stereocenters. The quantitative estimate of drug-likeness (QED) is 0.265. The Labute approximate surface area is 139 Å². The molecule has 0 aliphatic carbocycles.